The quantitative estimate of drug-likeness (QED) is 0.0396. The number of dihydropyridines is 1. The number of epoxide rings is 1. The number of hydrogen-bond donors (Lipinski definition) is 6. The first-order valence-electron chi connectivity index (χ1n) is 17.7. The Labute approximate surface area is 294 Å². The Bertz CT molecular complexity index is 1620. The first kappa shape index (κ1) is 37.0. The second-order valence-corrected chi connectivity index (χ2v) is 13.6. The van der Waals surface area contributed by atoms with Gasteiger partial charge >= 0.3 is 5.97 Å². The average Bonchev–Trinajstić information content (AvgIpc) is 3.83. The van der Waals surface area contributed by atoms with E-state index < -0.39 is 34.8 Å². The van der Waals surface area contributed by atoms with Crippen molar-refractivity contribution < 1.29 is 29.0 Å². The van der Waals surface area contributed by atoms with E-state index in [2.05, 4.69) is 40.0 Å². The monoisotopic (exact) mass is 688 g/mol. The molecule has 1 aromatic carbocycles. The molecule has 0 unspecified atom stereocenters. The summed E-state index contributed by atoms with van der Waals surface area (Å²) in [4.78, 5) is 47.1. The van der Waals surface area contributed by atoms with Crippen LogP contribution in [0.5, 0.6) is 0 Å². The minimum Gasteiger partial charge on any atom is -0.459 e. The lowest BCUT2D eigenvalue weighted by Gasteiger charge is -2.37. The number of rotatable bonds is 15. The van der Waals surface area contributed by atoms with Gasteiger partial charge in [-0.25, -0.2) is 4.79 Å². The maximum atomic E-state index is 14.5. The maximum absolute atomic E-state index is 14.5. The molecule has 270 valence electrons. The summed E-state index contributed by atoms with van der Waals surface area (Å²) < 4.78 is 12.5. The van der Waals surface area contributed by atoms with Gasteiger partial charge in [-0.05, 0) is 63.1 Å². The molecule has 0 bridgehead atoms. The molecule has 4 aliphatic rings. The Hall–Kier alpha value is -4.26. The van der Waals surface area contributed by atoms with E-state index in [-0.39, 0.29) is 48.1 Å². The Morgan fingerprint density at radius 2 is 1.96 bits per heavy atom. The zero-order valence-corrected chi connectivity index (χ0v) is 29.5. The predicted molar refractivity (Wildman–Crippen MR) is 192 cm³/mol. The summed E-state index contributed by atoms with van der Waals surface area (Å²) in [6, 6.07) is 6.19. The first-order valence-corrected chi connectivity index (χ1v) is 17.7. The number of esters is 1. The number of hydrogen-bond acceptors (Lipinski definition) is 10. The number of nitrogens with zero attached hydrogens (tertiary/aromatic N) is 1. The van der Waals surface area contributed by atoms with Gasteiger partial charge in [-0.3, -0.25) is 14.6 Å². The van der Waals surface area contributed by atoms with Crippen LogP contribution in [0.2, 0.25) is 0 Å². The van der Waals surface area contributed by atoms with Gasteiger partial charge in [-0.2, -0.15) is 0 Å². The standard InChI is InChI=1S/C38H52N6O6/c1-5-24-13-14-29(42-6-2)28(21-24)31(12-9-19-45)49-35(48)38-34(47)27-11-8-7-10-26(27)33(46)37(38,50-38)17-15-23(3)20-30(44-36(40)41-4)25-16-18-43-32(39)22-25/h7-8,10-11,13-16,22,24,28-31,42-43,45H,5-6,9,12,17-21,39H2,1-4H3,(H3,40,41,44)/b23-15+/t24-,28-,29-,30-,31+,37+,38+/m1/s1. The zero-order valence-electron chi connectivity index (χ0n) is 29.5. The van der Waals surface area contributed by atoms with E-state index in [1.807, 2.05) is 32.1 Å². The molecule has 0 spiro atoms. The smallest absolute Gasteiger partial charge is 0.350 e. The summed E-state index contributed by atoms with van der Waals surface area (Å²) in [7, 11) is 1.59. The number of ether oxygens (including phenoxy) is 2. The topological polar surface area (TPSA) is 194 Å². The third-order valence-electron chi connectivity index (χ3n) is 10.4. The fraction of sp³-hybridized carbons (Fsp3) is 0.526. The molecule has 0 saturated carbocycles. The van der Waals surface area contributed by atoms with Gasteiger partial charge in [-0.1, -0.05) is 68.0 Å². The molecule has 1 saturated heterocycles. The van der Waals surface area contributed by atoms with Gasteiger partial charge in [0.05, 0.1) is 11.9 Å². The zero-order chi connectivity index (χ0) is 36.1. The second-order valence-electron chi connectivity index (χ2n) is 13.6. The van der Waals surface area contributed by atoms with E-state index in [1.54, 1.807) is 31.3 Å². The van der Waals surface area contributed by atoms with Crippen LogP contribution >= 0.6 is 0 Å². The number of benzene rings is 1. The molecule has 8 N–H and O–H groups in total. The number of ketones is 2. The van der Waals surface area contributed by atoms with Crippen LogP contribution in [-0.2, 0) is 14.3 Å². The van der Waals surface area contributed by atoms with Gasteiger partial charge in [-0.15, -0.1) is 0 Å². The molecule has 1 fully saturated rings. The number of likely N-dealkylation sites (N-methyl/N-ethyl adjacent to an activating group) is 1. The SMILES string of the molecule is CCN[C@@H]1C=C[C@@H](CC)C[C@H]1[C@H](CCCO)OC(=O)[C@]12O[C@@]1(C/C=C(\C)C[C@@H](NC(N)=NC)C1=CCNC(N)=C1)C(=O)c1ccccc1C2=O. The van der Waals surface area contributed by atoms with Crippen molar-refractivity contribution in [2.24, 2.45) is 28.3 Å². The molecule has 2 heterocycles. The number of fused-ring (bicyclic) bond motifs is 2. The van der Waals surface area contributed by atoms with Crippen LogP contribution in [0.25, 0.3) is 0 Å². The molecule has 50 heavy (non-hydrogen) atoms. The van der Waals surface area contributed by atoms with E-state index in [4.69, 9.17) is 20.9 Å². The third-order valence-corrected chi connectivity index (χ3v) is 10.4. The molecule has 0 amide bonds. The molecular formula is C38H52N6O6. The fourth-order valence-corrected chi connectivity index (χ4v) is 7.58. The lowest BCUT2D eigenvalue weighted by Crippen LogP contribution is -2.52. The molecule has 0 radical (unpaired) electrons. The molecule has 2 aliphatic heterocycles. The van der Waals surface area contributed by atoms with Gasteiger partial charge in [0.2, 0.25) is 5.78 Å². The van der Waals surface area contributed by atoms with Crippen molar-refractivity contribution in [2.75, 3.05) is 26.7 Å². The highest BCUT2D eigenvalue weighted by Gasteiger charge is 2.85. The van der Waals surface area contributed by atoms with Crippen LogP contribution in [0.15, 0.2) is 76.6 Å². The predicted octanol–water partition coefficient (Wildman–Crippen LogP) is 2.80. The van der Waals surface area contributed by atoms with Crippen molar-refractivity contribution in [3.05, 3.63) is 82.7 Å². The van der Waals surface area contributed by atoms with E-state index in [9.17, 15) is 19.5 Å². The van der Waals surface area contributed by atoms with Gasteiger partial charge in [0, 0.05) is 49.7 Å². The van der Waals surface area contributed by atoms with Crippen molar-refractivity contribution in [1.82, 2.24) is 16.0 Å². The van der Waals surface area contributed by atoms with Crippen LogP contribution in [0.3, 0.4) is 0 Å². The van der Waals surface area contributed by atoms with Crippen LogP contribution < -0.4 is 27.4 Å². The molecule has 12 heteroatoms. The van der Waals surface area contributed by atoms with Crippen LogP contribution in [0.4, 0.5) is 0 Å². The molecule has 7 atom stereocenters. The molecule has 1 aromatic rings. The number of allylic oxidation sites excluding steroid dienone is 1. The normalized spacial score (nSPS) is 28.8. The van der Waals surface area contributed by atoms with E-state index in [1.165, 1.54) is 0 Å². The van der Waals surface area contributed by atoms with Crippen molar-refractivity contribution in [2.45, 2.75) is 88.7 Å². The number of Topliss-reactive ketones (excluding diaryl/α,β-unsaturated/α-hetero) is 2. The Kier molecular flexibility index (Phi) is 11.7. The number of carbonyl (C=O) groups is 3. The average molecular weight is 689 g/mol. The Morgan fingerprint density at radius 1 is 1.22 bits per heavy atom. The highest BCUT2D eigenvalue weighted by molar-refractivity contribution is 6.32. The van der Waals surface area contributed by atoms with Crippen LogP contribution in [0.1, 0.15) is 80.0 Å². The lowest BCUT2D eigenvalue weighted by atomic mass is 9.72. The number of aliphatic imine (C=N–C) groups is 1. The lowest BCUT2D eigenvalue weighted by molar-refractivity contribution is -0.158. The summed E-state index contributed by atoms with van der Waals surface area (Å²) in [5, 5.41) is 19.5. The second kappa shape index (κ2) is 15.7. The summed E-state index contributed by atoms with van der Waals surface area (Å²) in [5.41, 5.74) is 10.4. The number of aliphatic hydroxyl groups is 1. The minimum absolute atomic E-state index is 0.0130. The fourth-order valence-electron chi connectivity index (χ4n) is 7.58. The molecular weight excluding hydrogens is 636 g/mol. The summed E-state index contributed by atoms with van der Waals surface area (Å²) in [6.45, 7) is 7.28. The third kappa shape index (κ3) is 7.15. The van der Waals surface area contributed by atoms with Gasteiger partial charge < -0.3 is 42.0 Å². The number of aliphatic hydroxyl groups excluding tert-OH is 1. The Balaban J connectivity index is 1.46. The number of guanidine groups is 1. The van der Waals surface area contributed by atoms with Crippen molar-refractivity contribution in [3.63, 3.8) is 0 Å². The number of nitrogens with one attached hydrogen (secondary N) is 3. The van der Waals surface area contributed by atoms with Crippen molar-refractivity contribution in [1.29, 1.82) is 0 Å². The molecule has 5 rings (SSSR count). The summed E-state index contributed by atoms with van der Waals surface area (Å²) >= 11 is 0. The van der Waals surface area contributed by atoms with Gasteiger partial charge in [0.1, 0.15) is 6.10 Å². The first-order chi connectivity index (χ1) is 24.0. The van der Waals surface area contributed by atoms with E-state index in [0.29, 0.717) is 37.5 Å². The summed E-state index contributed by atoms with van der Waals surface area (Å²) in [6.07, 6.45) is 12.4. The minimum atomic E-state index is -2.11. The van der Waals surface area contributed by atoms with E-state index >= 15 is 0 Å². The molecule has 0 aromatic heterocycles. The van der Waals surface area contributed by atoms with Crippen molar-refractivity contribution in [3.8, 4) is 0 Å². The maximum Gasteiger partial charge on any atom is 0.350 e. The van der Waals surface area contributed by atoms with E-state index in [0.717, 1.165) is 30.5 Å². The Morgan fingerprint density at radius 3 is 2.62 bits per heavy atom. The number of carbonyl (C=O) groups excluding carboxylic acids is 3. The highest BCUT2D eigenvalue weighted by atomic mass is 16.7. The largest absolute Gasteiger partial charge is 0.459 e. The van der Waals surface area contributed by atoms with Crippen LogP contribution in [-0.4, -0.2) is 84.7 Å². The molecule has 2 aliphatic carbocycles. The number of nitrogens with two attached hydrogens (primary N) is 2. The highest BCUT2D eigenvalue weighted by Crippen LogP contribution is 2.59. The van der Waals surface area contributed by atoms with Gasteiger partial charge in [0.25, 0.3) is 5.60 Å². The van der Waals surface area contributed by atoms with Crippen molar-refractivity contribution >= 4 is 23.5 Å². The molecule has 12 nitrogen and oxygen atoms in total. The van der Waals surface area contributed by atoms with Crippen LogP contribution in [0, 0.1) is 11.8 Å². The summed E-state index contributed by atoms with van der Waals surface area (Å²) in [5.74, 6) is -0.849. The van der Waals surface area contributed by atoms with Gasteiger partial charge in [0.15, 0.2) is 17.3 Å².